The largest absolute Gasteiger partial charge is 0.527 e. The number of amides is 1. The molecule has 1 N–H and O–H groups in total. The summed E-state index contributed by atoms with van der Waals surface area (Å²) < 4.78 is 176. The molecule has 0 fully saturated rings. The number of nitro groups is 1. The van der Waals surface area contributed by atoms with Crippen molar-refractivity contribution in [2.45, 2.75) is 36.5 Å². The van der Waals surface area contributed by atoms with E-state index in [1.54, 1.807) is 0 Å². The summed E-state index contributed by atoms with van der Waals surface area (Å²) in [4.78, 5) is 22.2. The smallest absolute Gasteiger partial charge is 0.322 e. The van der Waals surface area contributed by atoms with Gasteiger partial charge in [-0.25, -0.2) is 9.47 Å². The first-order valence-electron chi connectivity index (χ1n) is 9.56. The SMILES string of the molecule is O=C(Nc1cccc(C(F)(F)C(F)(F)OC(F)(F)C(F)(F)C(F)(F)OC(F)(F)F)c1)c1ccc(Cl)c([N+](=O)[O-])c1. The number of nitrogens with zero attached hydrogens (tertiary/aromatic N) is 1. The minimum Gasteiger partial charge on any atom is -0.322 e. The second kappa shape index (κ2) is 10.5. The van der Waals surface area contributed by atoms with Crippen molar-refractivity contribution in [2.24, 2.45) is 0 Å². The number of hydrogen-bond acceptors (Lipinski definition) is 5. The van der Waals surface area contributed by atoms with Gasteiger partial charge in [0.1, 0.15) is 5.02 Å². The van der Waals surface area contributed by atoms with Crippen molar-refractivity contribution in [2.75, 3.05) is 5.32 Å². The molecular weight excluding hydrogens is 619 g/mol. The van der Waals surface area contributed by atoms with Gasteiger partial charge in [-0.3, -0.25) is 14.9 Å². The molecule has 0 aliphatic heterocycles. The summed E-state index contributed by atoms with van der Waals surface area (Å²) in [6, 6.07) is 3.64. The molecule has 1 amide bonds. The minimum atomic E-state index is -7.58. The van der Waals surface area contributed by atoms with E-state index in [2.05, 4.69) is 0 Å². The second-order valence-electron chi connectivity index (χ2n) is 7.31. The third kappa shape index (κ3) is 6.66. The molecule has 222 valence electrons. The molecule has 7 nitrogen and oxygen atoms in total. The molecule has 40 heavy (non-hydrogen) atoms. The first-order valence-corrected chi connectivity index (χ1v) is 9.94. The lowest BCUT2D eigenvalue weighted by atomic mass is 10.1. The van der Waals surface area contributed by atoms with Gasteiger partial charge in [0, 0.05) is 22.9 Å². The zero-order valence-electron chi connectivity index (χ0n) is 18.3. The van der Waals surface area contributed by atoms with E-state index in [0.29, 0.717) is 12.1 Å². The fraction of sp³-hybridized carbons (Fsp3) is 0.316. The van der Waals surface area contributed by atoms with Crippen molar-refractivity contribution in [3.8, 4) is 0 Å². The molecule has 0 aliphatic rings. The summed E-state index contributed by atoms with van der Waals surface area (Å²) in [5.41, 5.74) is -4.19. The Balaban J connectivity index is 2.35. The molecular formula is C19H8ClF13N2O5. The Kier molecular flexibility index (Phi) is 8.65. The summed E-state index contributed by atoms with van der Waals surface area (Å²) in [6.45, 7) is 0. The highest BCUT2D eigenvalue weighted by atomic mass is 35.5. The van der Waals surface area contributed by atoms with Crippen LogP contribution in [0.15, 0.2) is 42.5 Å². The van der Waals surface area contributed by atoms with Gasteiger partial charge in [0.05, 0.1) is 4.92 Å². The van der Waals surface area contributed by atoms with E-state index in [0.717, 1.165) is 18.2 Å². The van der Waals surface area contributed by atoms with E-state index in [4.69, 9.17) is 11.6 Å². The number of nitro benzene ring substituents is 1. The zero-order chi connectivity index (χ0) is 31.1. The van der Waals surface area contributed by atoms with Crippen LogP contribution < -0.4 is 5.32 Å². The quantitative estimate of drug-likeness (QED) is 0.167. The normalized spacial score (nSPS) is 13.8. The number of rotatable bonds is 10. The first kappa shape index (κ1) is 32.8. The number of carbonyl (C=O) groups excluding carboxylic acids is 1. The summed E-state index contributed by atoms with van der Waals surface area (Å²) in [5.74, 6) is -15.0. The highest BCUT2D eigenvalue weighted by Crippen LogP contribution is 2.54. The van der Waals surface area contributed by atoms with Crippen molar-refractivity contribution in [1.82, 2.24) is 0 Å². The topological polar surface area (TPSA) is 90.7 Å². The Morgan fingerprint density at radius 2 is 1.35 bits per heavy atom. The number of benzene rings is 2. The van der Waals surface area contributed by atoms with Crippen LogP contribution in [-0.2, 0) is 15.4 Å². The fourth-order valence-electron chi connectivity index (χ4n) is 2.63. The van der Waals surface area contributed by atoms with E-state index in [1.807, 2.05) is 10.1 Å². The van der Waals surface area contributed by atoms with E-state index in [9.17, 15) is 72.0 Å². The lowest BCUT2D eigenvalue weighted by Gasteiger charge is -2.35. The number of hydrogen-bond donors (Lipinski definition) is 1. The van der Waals surface area contributed by atoms with Crippen LogP contribution in [0.1, 0.15) is 15.9 Å². The van der Waals surface area contributed by atoms with E-state index in [-0.39, 0.29) is 12.1 Å². The van der Waals surface area contributed by atoms with Gasteiger partial charge in [0.15, 0.2) is 0 Å². The molecule has 0 heterocycles. The third-order valence-corrected chi connectivity index (χ3v) is 4.80. The number of carbonyl (C=O) groups is 1. The van der Waals surface area contributed by atoms with Crippen LogP contribution in [0.2, 0.25) is 5.02 Å². The Labute approximate surface area is 216 Å². The summed E-state index contributed by atoms with van der Waals surface area (Å²) in [6.07, 6.45) is -28.2. The van der Waals surface area contributed by atoms with Crippen LogP contribution in [0.25, 0.3) is 0 Å². The standard InChI is InChI=1S/C19H8ClF13N2O5/c20-11-5-4-8(6-12(11)35(37)38)13(36)34-10-3-1-2-9(7-10)14(21,22)16(25,26)39-17(27,28)15(23,24)18(29,30)40-19(31,32)33/h1-7H,(H,34,36). The Bertz CT molecular complexity index is 1290. The van der Waals surface area contributed by atoms with Crippen LogP contribution >= 0.6 is 11.6 Å². The Morgan fingerprint density at radius 1 is 0.800 bits per heavy atom. The summed E-state index contributed by atoms with van der Waals surface area (Å²) in [5, 5.41) is 12.3. The number of anilines is 1. The second-order valence-corrected chi connectivity index (χ2v) is 7.71. The summed E-state index contributed by atoms with van der Waals surface area (Å²) in [7, 11) is 0. The van der Waals surface area contributed by atoms with Gasteiger partial charge in [-0.1, -0.05) is 23.7 Å². The van der Waals surface area contributed by atoms with Crippen molar-refractivity contribution < 1.29 is 76.3 Å². The molecule has 21 heteroatoms. The van der Waals surface area contributed by atoms with Gasteiger partial charge in [-0.2, -0.15) is 43.9 Å². The highest BCUT2D eigenvalue weighted by Gasteiger charge is 2.80. The number of ether oxygens (including phenoxy) is 2. The predicted molar refractivity (Wildman–Crippen MR) is 104 cm³/mol. The van der Waals surface area contributed by atoms with Crippen molar-refractivity contribution in [1.29, 1.82) is 0 Å². The molecule has 0 radical (unpaired) electrons. The predicted octanol–water partition coefficient (Wildman–Crippen LogP) is 7.56. The van der Waals surface area contributed by atoms with Gasteiger partial charge >= 0.3 is 36.5 Å². The fourth-order valence-corrected chi connectivity index (χ4v) is 2.81. The lowest BCUT2D eigenvalue weighted by Crippen LogP contribution is -2.61. The Hall–Kier alpha value is -3.39. The van der Waals surface area contributed by atoms with Crippen molar-refractivity contribution >= 4 is 28.9 Å². The molecule has 0 aliphatic carbocycles. The zero-order valence-corrected chi connectivity index (χ0v) is 19.1. The van der Waals surface area contributed by atoms with Gasteiger partial charge < -0.3 is 5.32 Å². The third-order valence-electron chi connectivity index (χ3n) is 4.48. The van der Waals surface area contributed by atoms with Crippen LogP contribution in [0, 0.1) is 10.1 Å². The van der Waals surface area contributed by atoms with Gasteiger partial charge in [-0.15, -0.1) is 13.2 Å². The molecule has 0 atom stereocenters. The monoisotopic (exact) mass is 626 g/mol. The minimum absolute atomic E-state index is 0.0445. The summed E-state index contributed by atoms with van der Waals surface area (Å²) >= 11 is 5.56. The molecule has 2 aromatic rings. The van der Waals surface area contributed by atoms with Crippen LogP contribution in [-0.4, -0.2) is 41.4 Å². The molecule has 0 bridgehead atoms. The van der Waals surface area contributed by atoms with Crippen LogP contribution in [0.3, 0.4) is 0 Å². The molecule has 0 saturated carbocycles. The van der Waals surface area contributed by atoms with Crippen LogP contribution in [0.4, 0.5) is 68.5 Å². The average Bonchev–Trinajstić information content (AvgIpc) is 2.76. The maximum Gasteiger partial charge on any atom is 0.527 e. The van der Waals surface area contributed by atoms with Crippen molar-refractivity contribution in [3.05, 3.63) is 68.7 Å². The maximum absolute atomic E-state index is 14.4. The first-order chi connectivity index (χ1) is 17.8. The maximum atomic E-state index is 14.4. The molecule has 0 unspecified atom stereocenters. The van der Waals surface area contributed by atoms with Crippen molar-refractivity contribution in [3.63, 3.8) is 0 Å². The average molecular weight is 627 g/mol. The number of alkyl halides is 13. The molecule has 0 saturated heterocycles. The number of nitrogens with one attached hydrogen (secondary N) is 1. The molecule has 2 rings (SSSR count). The van der Waals surface area contributed by atoms with Crippen LogP contribution in [0.5, 0.6) is 0 Å². The highest BCUT2D eigenvalue weighted by molar-refractivity contribution is 6.32. The lowest BCUT2D eigenvalue weighted by molar-refractivity contribution is -0.535. The molecule has 2 aromatic carbocycles. The molecule has 0 aromatic heterocycles. The molecule has 0 spiro atoms. The van der Waals surface area contributed by atoms with Gasteiger partial charge in [0.25, 0.3) is 11.6 Å². The van der Waals surface area contributed by atoms with Gasteiger partial charge in [0.2, 0.25) is 0 Å². The van der Waals surface area contributed by atoms with E-state index < -0.39 is 74.9 Å². The van der Waals surface area contributed by atoms with E-state index in [1.165, 1.54) is 4.74 Å². The van der Waals surface area contributed by atoms with E-state index >= 15 is 0 Å². The Morgan fingerprint density at radius 3 is 1.88 bits per heavy atom. The van der Waals surface area contributed by atoms with Gasteiger partial charge in [-0.05, 0) is 24.3 Å². The number of halogens is 14.